The van der Waals surface area contributed by atoms with Crippen molar-refractivity contribution in [3.8, 4) is 0 Å². The van der Waals surface area contributed by atoms with E-state index in [4.69, 9.17) is 11.6 Å². The first-order valence-electron chi connectivity index (χ1n) is 10.4. The molecule has 162 valence electrons. The van der Waals surface area contributed by atoms with Gasteiger partial charge in [-0.3, -0.25) is 9.59 Å². The molecule has 1 unspecified atom stereocenters. The average molecular weight is 447 g/mol. The van der Waals surface area contributed by atoms with Crippen molar-refractivity contribution in [1.82, 2.24) is 10.2 Å². The second-order valence-corrected chi connectivity index (χ2v) is 8.87. The van der Waals surface area contributed by atoms with Crippen LogP contribution in [0.2, 0.25) is 5.02 Å². The van der Waals surface area contributed by atoms with Gasteiger partial charge in [0, 0.05) is 23.9 Å². The molecule has 0 saturated carbocycles. The maximum absolute atomic E-state index is 13.0. The van der Waals surface area contributed by atoms with Crippen LogP contribution in [0.25, 0.3) is 0 Å². The number of nitrogens with one attached hydrogen (secondary N) is 1. The summed E-state index contributed by atoms with van der Waals surface area (Å²) in [7, 11) is 0. The lowest BCUT2D eigenvalue weighted by Crippen LogP contribution is -2.48. The highest BCUT2D eigenvalue weighted by molar-refractivity contribution is 7.99. The molecule has 1 N–H and O–H groups in total. The van der Waals surface area contributed by atoms with E-state index in [0.717, 1.165) is 29.7 Å². The minimum atomic E-state index is -0.521. The molecule has 0 aliphatic carbocycles. The minimum absolute atomic E-state index is 0.0346. The molecule has 30 heavy (non-hydrogen) atoms. The number of thioether (sulfide) groups is 1. The van der Waals surface area contributed by atoms with Crippen molar-refractivity contribution in [2.24, 2.45) is 0 Å². The molecule has 4 nitrogen and oxygen atoms in total. The zero-order valence-corrected chi connectivity index (χ0v) is 19.6. The first-order chi connectivity index (χ1) is 14.4. The number of hydrogen-bond acceptors (Lipinski definition) is 3. The van der Waals surface area contributed by atoms with Crippen molar-refractivity contribution in [3.63, 3.8) is 0 Å². The molecular formula is C24H31ClN2O2S. The summed E-state index contributed by atoms with van der Waals surface area (Å²) in [6.07, 6.45) is 1.95. The van der Waals surface area contributed by atoms with E-state index in [-0.39, 0.29) is 11.8 Å². The van der Waals surface area contributed by atoms with Crippen molar-refractivity contribution < 1.29 is 9.59 Å². The van der Waals surface area contributed by atoms with E-state index in [9.17, 15) is 9.59 Å². The van der Waals surface area contributed by atoms with Crippen LogP contribution in [0, 0.1) is 6.92 Å². The van der Waals surface area contributed by atoms with Gasteiger partial charge in [0.05, 0.1) is 5.75 Å². The van der Waals surface area contributed by atoms with Crippen LogP contribution in [0.5, 0.6) is 0 Å². The maximum atomic E-state index is 13.0. The third-order valence-electron chi connectivity index (χ3n) is 4.88. The van der Waals surface area contributed by atoms with E-state index in [2.05, 4.69) is 12.2 Å². The van der Waals surface area contributed by atoms with Crippen molar-refractivity contribution in [2.75, 3.05) is 12.3 Å². The predicted molar refractivity (Wildman–Crippen MR) is 127 cm³/mol. The molecule has 2 rings (SSSR count). The van der Waals surface area contributed by atoms with E-state index < -0.39 is 6.04 Å². The number of aryl methyl sites for hydroxylation is 1. The summed E-state index contributed by atoms with van der Waals surface area (Å²) in [6, 6.07) is 15.2. The number of hydrogen-bond donors (Lipinski definition) is 1. The normalized spacial score (nSPS) is 11.7. The average Bonchev–Trinajstić information content (AvgIpc) is 2.74. The Bertz CT molecular complexity index is 809. The van der Waals surface area contributed by atoms with Crippen molar-refractivity contribution in [1.29, 1.82) is 0 Å². The molecule has 2 amide bonds. The van der Waals surface area contributed by atoms with Crippen LogP contribution in [0.1, 0.15) is 43.4 Å². The van der Waals surface area contributed by atoms with Gasteiger partial charge in [-0.1, -0.05) is 66.9 Å². The SMILES string of the molecule is CCCCNC(=O)C(C)N(Cc1ccc(C)cc1)C(=O)CSCc1ccc(Cl)cc1. The van der Waals surface area contributed by atoms with Crippen LogP contribution in [0.15, 0.2) is 48.5 Å². The Morgan fingerprint density at radius 2 is 1.70 bits per heavy atom. The predicted octanol–water partition coefficient (Wildman–Crippen LogP) is 5.22. The van der Waals surface area contributed by atoms with Gasteiger partial charge in [0.2, 0.25) is 11.8 Å². The minimum Gasteiger partial charge on any atom is -0.354 e. The van der Waals surface area contributed by atoms with Gasteiger partial charge in [-0.2, -0.15) is 0 Å². The molecule has 0 spiro atoms. The monoisotopic (exact) mass is 446 g/mol. The van der Waals surface area contributed by atoms with Gasteiger partial charge in [0.1, 0.15) is 6.04 Å². The van der Waals surface area contributed by atoms with Gasteiger partial charge in [0.15, 0.2) is 0 Å². The standard InChI is InChI=1S/C24H31ClN2O2S/c1-4-5-14-26-24(29)19(3)27(15-20-8-6-18(2)7-9-20)23(28)17-30-16-21-10-12-22(25)13-11-21/h6-13,19H,4-5,14-17H2,1-3H3,(H,26,29). The molecule has 1 atom stereocenters. The molecule has 0 saturated heterocycles. The van der Waals surface area contributed by atoms with Gasteiger partial charge >= 0.3 is 0 Å². The van der Waals surface area contributed by atoms with Gasteiger partial charge < -0.3 is 10.2 Å². The largest absolute Gasteiger partial charge is 0.354 e. The fraction of sp³-hybridized carbons (Fsp3) is 0.417. The van der Waals surface area contributed by atoms with Gasteiger partial charge in [0.25, 0.3) is 0 Å². The molecule has 0 bridgehead atoms. The van der Waals surface area contributed by atoms with E-state index in [0.29, 0.717) is 23.9 Å². The highest BCUT2D eigenvalue weighted by atomic mass is 35.5. The van der Waals surface area contributed by atoms with E-state index in [1.807, 2.05) is 55.5 Å². The topological polar surface area (TPSA) is 49.4 Å². The summed E-state index contributed by atoms with van der Waals surface area (Å²) in [6.45, 7) is 6.97. The van der Waals surface area contributed by atoms with Crippen LogP contribution >= 0.6 is 23.4 Å². The number of carbonyl (C=O) groups excluding carboxylic acids is 2. The van der Waals surface area contributed by atoms with Crippen molar-refractivity contribution >= 4 is 35.2 Å². The number of benzene rings is 2. The van der Waals surface area contributed by atoms with Gasteiger partial charge in [-0.15, -0.1) is 11.8 Å². The Balaban J connectivity index is 2.02. The Hall–Kier alpha value is -1.98. The van der Waals surface area contributed by atoms with Crippen LogP contribution in [-0.4, -0.2) is 35.1 Å². The first-order valence-corrected chi connectivity index (χ1v) is 11.9. The third-order valence-corrected chi connectivity index (χ3v) is 6.12. The molecule has 0 aromatic heterocycles. The second-order valence-electron chi connectivity index (χ2n) is 7.45. The Kier molecular flexibility index (Phi) is 10.2. The quantitative estimate of drug-likeness (QED) is 0.481. The third kappa shape index (κ3) is 8.04. The number of nitrogens with zero attached hydrogens (tertiary/aromatic N) is 1. The summed E-state index contributed by atoms with van der Waals surface area (Å²) >= 11 is 7.48. The lowest BCUT2D eigenvalue weighted by molar-refractivity contribution is -0.138. The summed E-state index contributed by atoms with van der Waals surface area (Å²) in [5.41, 5.74) is 3.30. The Morgan fingerprint density at radius 3 is 2.33 bits per heavy atom. The molecule has 0 fully saturated rings. The van der Waals surface area contributed by atoms with Gasteiger partial charge in [-0.05, 0) is 43.5 Å². The highest BCUT2D eigenvalue weighted by Crippen LogP contribution is 2.18. The van der Waals surface area contributed by atoms with Crippen LogP contribution in [-0.2, 0) is 21.9 Å². The van der Waals surface area contributed by atoms with Crippen molar-refractivity contribution in [2.45, 2.75) is 52.0 Å². The summed E-state index contributed by atoms with van der Waals surface area (Å²) in [4.78, 5) is 27.3. The lowest BCUT2D eigenvalue weighted by atomic mass is 10.1. The molecule has 2 aromatic rings. The molecule has 0 aliphatic rings. The molecule has 0 heterocycles. The fourth-order valence-electron chi connectivity index (χ4n) is 2.93. The molecule has 6 heteroatoms. The number of halogens is 1. The second kappa shape index (κ2) is 12.7. The highest BCUT2D eigenvalue weighted by Gasteiger charge is 2.25. The summed E-state index contributed by atoms with van der Waals surface area (Å²) in [5, 5.41) is 3.65. The number of unbranched alkanes of at least 4 members (excludes halogenated alkanes) is 1. The van der Waals surface area contributed by atoms with E-state index in [1.165, 1.54) is 5.56 Å². The van der Waals surface area contributed by atoms with Gasteiger partial charge in [-0.25, -0.2) is 0 Å². The van der Waals surface area contributed by atoms with Crippen LogP contribution in [0.3, 0.4) is 0 Å². The summed E-state index contributed by atoms with van der Waals surface area (Å²) in [5.74, 6) is 0.902. The smallest absolute Gasteiger partial charge is 0.242 e. The van der Waals surface area contributed by atoms with Crippen molar-refractivity contribution in [3.05, 3.63) is 70.2 Å². The number of carbonyl (C=O) groups is 2. The molecule has 0 aliphatic heterocycles. The maximum Gasteiger partial charge on any atom is 0.242 e. The molecule has 2 aromatic carbocycles. The number of amides is 2. The first kappa shape index (κ1) is 24.3. The van der Waals surface area contributed by atoms with E-state index in [1.54, 1.807) is 23.6 Å². The molecule has 0 radical (unpaired) electrons. The fourth-order valence-corrected chi connectivity index (χ4v) is 3.93. The Morgan fingerprint density at radius 1 is 1.07 bits per heavy atom. The van der Waals surface area contributed by atoms with Crippen LogP contribution < -0.4 is 5.32 Å². The zero-order valence-electron chi connectivity index (χ0n) is 18.0. The zero-order chi connectivity index (χ0) is 21.9. The lowest BCUT2D eigenvalue weighted by Gasteiger charge is -2.29. The van der Waals surface area contributed by atoms with Crippen LogP contribution in [0.4, 0.5) is 0 Å². The number of rotatable bonds is 11. The summed E-state index contributed by atoms with van der Waals surface area (Å²) < 4.78 is 0. The molecular weight excluding hydrogens is 416 g/mol. The van der Waals surface area contributed by atoms with E-state index >= 15 is 0 Å². The Labute approximate surface area is 189 Å².